The number of hydrazine groups is 1. The van der Waals surface area contributed by atoms with Crippen LogP contribution in [0.25, 0.3) is 0 Å². The van der Waals surface area contributed by atoms with E-state index < -0.39 is 0 Å². The molecule has 2 heterocycles. The zero-order valence-corrected chi connectivity index (χ0v) is 11.5. The molecule has 100 valence electrons. The number of pyridine rings is 1. The predicted molar refractivity (Wildman–Crippen MR) is 73.5 cm³/mol. The molecule has 0 unspecified atom stereocenters. The van der Waals surface area contributed by atoms with Crippen LogP contribution in [0.3, 0.4) is 0 Å². The molecule has 5 heteroatoms. The van der Waals surface area contributed by atoms with Gasteiger partial charge in [0.2, 0.25) is 0 Å². The molecular weight excluding hydrogens is 228 g/mol. The lowest BCUT2D eigenvalue weighted by molar-refractivity contribution is -0.133. The average molecular weight is 250 g/mol. The van der Waals surface area contributed by atoms with E-state index in [1.807, 2.05) is 12.1 Å². The van der Waals surface area contributed by atoms with E-state index in [-0.39, 0.29) is 11.2 Å². The Balaban J connectivity index is 2.26. The molecule has 0 radical (unpaired) electrons. The highest BCUT2D eigenvalue weighted by molar-refractivity contribution is 5.54. The smallest absolute Gasteiger partial charge is 0.141 e. The number of rotatable bonds is 2. The third-order valence-corrected chi connectivity index (χ3v) is 2.95. The standard InChI is InChI=1S/C13H22N4O/c1-12(2)8-17(9-13(3,4)18-12)10-5-6-15-11(7-10)16-14/h5-7H,8-9,14H2,1-4H3,(H,15,16). The Morgan fingerprint density at radius 1 is 1.28 bits per heavy atom. The topological polar surface area (TPSA) is 63.4 Å². The van der Waals surface area contributed by atoms with E-state index in [4.69, 9.17) is 10.6 Å². The Morgan fingerprint density at radius 2 is 1.89 bits per heavy atom. The Bertz CT molecular complexity index is 415. The largest absolute Gasteiger partial charge is 0.366 e. The van der Waals surface area contributed by atoms with Gasteiger partial charge in [-0.2, -0.15) is 0 Å². The number of aromatic nitrogens is 1. The lowest BCUT2D eigenvalue weighted by atomic mass is 9.98. The van der Waals surface area contributed by atoms with Crippen LogP contribution in [0.2, 0.25) is 0 Å². The number of hydrogen-bond acceptors (Lipinski definition) is 5. The van der Waals surface area contributed by atoms with Crippen molar-refractivity contribution < 1.29 is 4.74 Å². The minimum absolute atomic E-state index is 0.165. The third kappa shape index (κ3) is 2.91. The van der Waals surface area contributed by atoms with Crippen LogP contribution < -0.4 is 16.2 Å². The summed E-state index contributed by atoms with van der Waals surface area (Å²) in [5, 5.41) is 0. The lowest BCUT2D eigenvalue weighted by Crippen LogP contribution is -2.57. The molecule has 0 aliphatic carbocycles. The SMILES string of the molecule is CC1(C)CN(c2ccnc(NN)c2)CC(C)(C)O1. The number of nitrogens with one attached hydrogen (secondary N) is 1. The molecule has 3 N–H and O–H groups in total. The highest BCUT2D eigenvalue weighted by atomic mass is 16.5. The molecule has 0 aromatic carbocycles. The number of anilines is 2. The van der Waals surface area contributed by atoms with Gasteiger partial charge in [-0.25, -0.2) is 10.8 Å². The zero-order valence-electron chi connectivity index (χ0n) is 11.5. The van der Waals surface area contributed by atoms with Gasteiger partial charge >= 0.3 is 0 Å². The van der Waals surface area contributed by atoms with Crippen LogP contribution >= 0.6 is 0 Å². The first-order valence-corrected chi connectivity index (χ1v) is 6.19. The summed E-state index contributed by atoms with van der Waals surface area (Å²) in [6.45, 7) is 10.2. The summed E-state index contributed by atoms with van der Waals surface area (Å²) in [4.78, 5) is 6.44. The number of ether oxygens (including phenoxy) is 1. The summed E-state index contributed by atoms with van der Waals surface area (Å²) in [5.41, 5.74) is 3.36. The van der Waals surface area contributed by atoms with Crippen LogP contribution in [-0.4, -0.2) is 29.3 Å². The molecule has 1 saturated heterocycles. The second kappa shape index (κ2) is 4.40. The van der Waals surface area contributed by atoms with Gasteiger partial charge in [-0.3, -0.25) is 0 Å². The van der Waals surface area contributed by atoms with E-state index in [1.165, 1.54) is 0 Å². The Kier molecular flexibility index (Phi) is 3.21. The van der Waals surface area contributed by atoms with Crippen LogP contribution in [0.1, 0.15) is 27.7 Å². The molecule has 0 bridgehead atoms. The third-order valence-electron chi connectivity index (χ3n) is 2.95. The summed E-state index contributed by atoms with van der Waals surface area (Å²) in [5.74, 6) is 6.07. The Labute approximate surface area is 108 Å². The fourth-order valence-corrected chi connectivity index (χ4v) is 2.67. The maximum absolute atomic E-state index is 6.07. The first-order valence-electron chi connectivity index (χ1n) is 6.19. The molecule has 1 aromatic heterocycles. The summed E-state index contributed by atoms with van der Waals surface area (Å²) in [6, 6.07) is 3.95. The minimum atomic E-state index is -0.165. The highest BCUT2D eigenvalue weighted by Gasteiger charge is 2.38. The summed E-state index contributed by atoms with van der Waals surface area (Å²) < 4.78 is 6.07. The molecule has 1 aromatic rings. The fourth-order valence-electron chi connectivity index (χ4n) is 2.67. The maximum Gasteiger partial charge on any atom is 0.141 e. The van der Waals surface area contributed by atoms with Crippen molar-refractivity contribution in [1.29, 1.82) is 0 Å². The molecule has 1 fully saturated rings. The van der Waals surface area contributed by atoms with Crippen molar-refractivity contribution in [3.8, 4) is 0 Å². The summed E-state index contributed by atoms with van der Waals surface area (Å²) in [7, 11) is 0. The number of nitrogens with two attached hydrogens (primary N) is 1. The van der Waals surface area contributed by atoms with Crippen molar-refractivity contribution in [1.82, 2.24) is 4.98 Å². The summed E-state index contributed by atoms with van der Waals surface area (Å²) >= 11 is 0. The van der Waals surface area contributed by atoms with Gasteiger partial charge < -0.3 is 15.1 Å². The second-order valence-corrected chi connectivity index (χ2v) is 6.02. The van der Waals surface area contributed by atoms with Gasteiger partial charge in [0.05, 0.1) is 11.2 Å². The molecule has 0 spiro atoms. The number of nitrogen functional groups attached to an aromatic ring is 1. The normalized spacial score (nSPS) is 21.7. The highest BCUT2D eigenvalue weighted by Crippen LogP contribution is 2.31. The van der Waals surface area contributed by atoms with E-state index >= 15 is 0 Å². The molecule has 1 aliphatic heterocycles. The maximum atomic E-state index is 6.07. The first-order chi connectivity index (χ1) is 8.31. The predicted octanol–water partition coefficient (Wildman–Crippen LogP) is 1.76. The van der Waals surface area contributed by atoms with E-state index in [0.717, 1.165) is 18.8 Å². The monoisotopic (exact) mass is 250 g/mol. The van der Waals surface area contributed by atoms with Gasteiger partial charge in [0.1, 0.15) is 5.82 Å². The minimum Gasteiger partial charge on any atom is -0.366 e. The first kappa shape index (κ1) is 13.1. The zero-order chi connectivity index (χ0) is 13.4. The van der Waals surface area contributed by atoms with Crippen molar-refractivity contribution in [2.75, 3.05) is 23.4 Å². The van der Waals surface area contributed by atoms with Gasteiger partial charge in [0.25, 0.3) is 0 Å². The number of hydrogen-bond donors (Lipinski definition) is 2. The van der Waals surface area contributed by atoms with Crippen molar-refractivity contribution in [3.05, 3.63) is 18.3 Å². The van der Waals surface area contributed by atoms with Gasteiger partial charge in [-0.05, 0) is 33.8 Å². The second-order valence-electron chi connectivity index (χ2n) is 6.02. The molecular formula is C13H22N4O. The van der Waals surface area contributed by atoms with E-state index in [0.29, 0.717) is 5.82 Å². The Hall–Kier alpha value is -1.33. The number of morpholine rings is 1. The van der Waals surface area contributed by atoms with Crippen molar-refractivity contribution in [3.63, 3.8) is 0 Å². The van der Waals surface area contributed by atoms with E-state index in [2.05, 4.69) is 43.0 Å². The van der Waals surface area contributed by atoms with Gasteiger partial charge in [0.15, 0.2) is 0 Å². The van der Waals surface area contributed by atoms with Crippen molar-refractivity contribution >= 4 is 11.5 Å². The van der Waals surface area contributed by atoms with Gasteiger partial charge in [-0.15, -0.1) is 0 Å². The number of nitrogens with zero attached hydrogens (tertiary/aromatic N) is 2. The van der Waals surface area contributed by atoms with Crippen molar-refractivity contribution in [2.24, 2.45) is 5.84 Å². The molecule has 2 rings (SSSR count). The van der Waals surface area contributed by atoms with Crippen LogP contribution in [0, 0.1) is 0 Å². The average Bonchev–Trinajstić information content (AvgIpc) is 2.25. The molecule has 18 heavy (non-hydrogen) atoms. The van der Waals surface area contributed by atoms with Crippen LogP contribution in [-0.2, 0) is 4.74 Å². The van der Waals surface area contributed by atoms with E-state index in [9.17, 15) is 0 Å². The quantitative estimate of drug-likeness (QED) is 0.618. The van der Waals surface area contributed by atoms with Crippen LogP contribution in [0.15, 0.2) is 18.3 Å². The van der Waals surface area contributed by atoms with Gasteiger partial charge in [-0.1, -0.05) is 0 Å². The lowest BCUT2D eigenvalue weighted by Gasteiger charge is -2.48. The van der Waals surface area contributed by atoms with Crippen molar-refractivity contribution in [2.45, 2.75) is 38.9 Å². The molecule has 0 amide bonds. The Morgan fingerprint density at radius 3 is 2.44 bits per heavy atom. The summed E-state index contributed by atoms with van der Waals surface area (Å²) in [6.07, 6.45) is 1.76. The van der Waals surface area contributed by atoms with Crippen LogP contribution in [0.4, 0.5) is 11.5 Å². The van der Waals surface area contributed by atoms with E-state index in [1.54, 1.807) is 6.20 Å². The van der Waals surface area contributed by atoms with Gasteiger partial charge in [0, 0.05) is 31.0 Å². The fraction of sp³-hybridized carbons (Fsp3) is 0.615. The molecule has 0 atom stereocenters. The molecule has 1 aliphatic rings. The molecule has 0 saturated carbocycles. The van der Waals surface area contributed by atoms with Crippen LogP contribution in [0.5, 0.6) is 0 Å². The molecule has 5 nitrogen and oxygen atoms in total.